The molecule has 0 bridgehead atoms. The van der Waals surface area contributed by atoms with Crippen LogP contribution < -0.4 is 21.3 Å². The van der Waals surface area contributed by atoms with Crippen molar-refractivity contribution >= 4 is 105 Å². The number of nitrogens with one attached hydrogen (secondary N) is 4. The predicted octanol–water partition coefficient (Wildman–Crippen LogP) is 0.978. The van der Waals surface area contributed by atoms with E-state index in [9.17, 15) is 29.4 Å². The van der Waals surface area contributed by atoms with Gasteiger partial charge in [-0.3, -0.25) is 40.4 Å². The third-order valence-corrected chi connectivity index (χ3v) is 9.91. The maximum Gasteiger partial charge on any atom is 0.264 e. The van der Waals surface area contributed by atoms with Gasteiger partial charge in [-0.25, -0.2) is 0 Å². The summed E-state index contributed by atoms with van der Waals surface area (Å²) in [5, 5.41) is 30.9. The lowest BCUT2D eigenvalue weighted by molar-refractivity contribution is -0.125. The molecule has 0 aromatic heterocycles. The fourth-order valence-electron chi connectivity index (χ4n) is 2.93. The zero-order chi connectivity index (χ0) is 22.9. The van der Waals surface area contributed by atoms with Gasteiger partial charge in [-0.05, 0) is 24.4 Å². The van der Waals surface area contributed by atoms with Crippen molar-refractivity contribution in [3.63, 3.8) is 0 Å². The van der Waals surface area contributed by atoms with Gasteiger partial charge in [0.1, 0.15) is 22.6 Å². The molecule has 0 aliphatic carbocycles. The highest BCUT2D eigenvalue weighted by Gasteiger charge is 2.41. The first kappa shape index (κ1) is 21.6. The molecule has 0 spiro atoms. The zero-order valence-electron chi connectivity index (χ0n) is 15.0. The Bertz CT molecular complexity index is 1130. The number of thioether (sulfide) groups is 4. The molecule has 10 nitrogen and oxygen atoms in total. The highest BCUT2D eigenvalue weighted by Crippen LogP contribution is 2.67. The summed E-state index contributed by atoms with van der Waals surface area (Å²) in [6.07, 6.45) is 0. The number of benzene rings is 1. The molecule has 162 valence electrons. The molecular weight excluding hydrogens is 537 g/mol. The van der Waals surface area contributed by atoms with Crippen LogP contribution in [-0.2, 0) is 19.2 Å². The van der Waals surface area contributed by atoms with E-state index in [1.165, 1.54) is 0 Å². The maximum atomic E-state index is 12.3. The highest BCUT2D eigenvalue weighted by molar-refractivity contribution is 8.26. The first-order chi connectivity index (χ1) is 15.2. The summed E-state index contributed by atoms with van der Waals surface area (Å²) >= 11 is 13.4. The molecule has 0 radical (unpaired) electrons. The van der Waals surface area contributed by atoms with Gasteiger partial charge in [-0.1, -0.05) is 47.0 Å². The Morgan fingerprint density at radius 2 is 0.781 bits per heavy atom. The number of amides is 4. The zero-order valence-corrected chi connectivity index (χ0v) is 19.9. The Morgan fingerprint density at radius 1 is 0.531 bits per heavy atom. The van der Waals surface area contributed by atoms with Crippen molar-refractivity contribution in [2.75, 3.05) is 0 Å². The van der Waals surface area contributed by atoms with E-state index in [0.717, 1.165) is 47.0 Å². The first-order valence-corrected chi connectivity index (χ1v) is 12.4. The Kier molecular flexibility index (Phi) is 5.18. The average Bonchev–Trinajstić information content (AvgIpc) is 3.30. The molecule has 4 aliphatic rings. The summed E-state index contributed by atoms with van der Waals surface area (Å²) in [7, 11) is 0. The molecule has 1 aromatic rings. The van der Waals surface area contributed by atoms with Crippen LogP contribution in [0.1, 0.15) is 0 Å². The van der Waals surface area contributed by atoms with E-state index in [4.69, 9.17) is 24.4 Å². The molecule has 16 heteroatoms. The van der Waals surface area contributed by atoms with Gasteiger partial charge in [-0.15, -0.1) is 0 Å². The summed E-state index contributed by atoms with van der Waals surface area (Å²) in [5.41, 5.74) is -0.364. The number of phenolic OH excluding ortho intramolecular Hbond substituents is 2. The van der Waals surface area contributed by atoms with Crippen molar-refractivity contribution in [2.24, 2.45) is 0 Å². The molecule has 2 saturated heterocycles. The van der Waals surface area contributed by atoms with Gasteiger partial charge in [0.2, 0.25) is 0 Å². The summed E-state index contributed by atoms with van der Waals surface area (Å²) < 4.78 is 0.528. The van der Waals surface area contributed by atoms with E-state index in [0.29, 0.717) is 0 Å². The number of aromatic hydroxyl groups is 2. The van der Waals surface area contributed by atoms with Crippen LogP contribution in [0.5, 0.6) is 11.5 Å². The van der Waals surface area contributed by atoms with Gasteiger partial charge >= 0.3 is 0 Å². The third-order valence-electron chi connectivity index (χ3n) is 4.28. The second kappa shape index (κ2) is 7.67. The molecule has 4 aliphatic heterocycles. The van der Waals surface area contributed by atoms with Crippen LogP contribution in [0.4, 0.5) is 0 Å². The van der Waals surface area contributed by atoms with Crippen LogP contribution in [0.15, 0.2) is 39.2 Å². The van der Waals surface area contributed by atoms with Gasteiger partial charge < -0.3 is 10.2 Å². The van der Waals surface area contributed by atoms with Crippen LogP contribution in [0.25, 0.3) is 0 Å². The van der Waals surface area contributed by atoms with Crippen molar-refractivity contribution in [2.45, 2.75) is 19.6 Å². The summed E-state index contributed by atoms with van der Waals surface area (Å²) in [4.78, 5) is 50.0. The normalized spacial score (nSPS) is 20.1. The van der Waals surface area contributed by atoms with Crippen LogP contribution in [0.3, 0.4) is 0 Å². The predicted molar refractivity (Wildman–Crippen MR) is 125 cm³/mol. The van der Waals surface area contributed by atoms with Gasteiger partial charge in [0.15, 0.2) is 10.2 Å². The lowest BCUT2D eigenvalue weighted by Gasteiger charge is -2.17. The highest BCUT2D eigenvalue weighted by atomic mass is 32.2. The van der Waals surface area contributed by atoms with Gasteiger partial charge in [-0.2, -0.15) is 0 Å². The minimum absolute atomic E-state index is 0.107. The molecule has 6 N–H and O–H groups in total. The molecule has 0 atom stereocenters. The van der Waals surface area contributed by atoms with Crippen molar-refractivity contribution in [3.8, 4) is 11.5 Å². The Morgan fingerprint density at radius 3 is 1.03 bits per heavy atom. The van der Waals surface area contributed by atoms with Crippen molar-refractivity contribution in [1.82, 2.24) is 21.3 Å². The third kappa shape index (κ3) is 3.29. The number of fused-ring (bicyclic) bond motifs is 2. The quantitative estimate of drug-likeness (QED) is 0.120. The second-order valence-corrected chi connectivity index (χ2v) is 11.6. The van der Waals surface area contributed by atoms with E-state index in [1.807, 2.05) is 0 Å². The fourth-order valence-corrected chi connectivity index (χ4v) is 8.71. The summed E-state index contributed by atoms with van der Waals surface area (Å²) in [5.74, 6) is -3.14. The van der Waals surface area contributed by atoms with E-state index in [-0.39, 0.29) is 60.9 Å². The molecule has 5 rings (SSSR count). The molecular formula is C16H6N4O6S6. The molecule has 0 unspecified atom stereocenters. The van der Waals surface area contributed by atoms with E-state index >= 15 is 0 Å². The van der Waals surface area contributed by atoms with Crippen LogP contribution in [0.2, 0.25) is 0 Å². The Hall–Kier alpha value is -2.24. The smallest absolute Gasteiger partial charge is 0.264 e. The maximum absolute atomic E-state index is 12.3. The lowest BCUT2D eigenvalue weighted by Crippen LogP contribution is -2.51. The molecule has 2 fully saturated rings. The standard InChI is InChI=1S/C16H6N4O6S6/c21-3-5-6(30-13(29-5)1-9(23)17-15(27)18-10(1)24)4(22)8-7(3)31-14(32-8)2-11(25)19-16(28)20-12(2)26/h21-22H,(H2,17,18,23,24,27)(H2,19,20,25,26,28). The van der Waals surface area contributed by atoms with Crippen LogP contribution >= 0.6 is 71.5 Å². The SMILES string of the molecule is O=C1NC(=S)NC(=O)C1=C1Sc2c(O)c3c(c(O)c2S1)SC(=C1C(=O)NC(=S)NC1=O)S3. The number of hydrogen-bond donors (Lipinski definition) is 6. The van der Waals surface area contributed by atoms with Crippen molar-refractivity contribution in [3.05, 3.63) is 19.6 Å². The Balaban J connectivity index is 1.55. The van der Waals surface area contributed by atoms with Crippen LogP contribution in [-0.4, -0.2) is 44.1 Å². The van der Waals surface area contributed by atoms with Gasteiger partial charge in [0.05, 0.1) is 28.1 Å². The van der Waals surface area contributed by atoms with Crippen LogP contribution in [0, 0.1) is 0 Å². The van der Waals surface area contributed by atoms with Gasteiger partial charge in [0.25, 0.3) is 23.6 Å². The molecule has 32 heavy (non-hydrogen) atoms. The monoisotopic (exact) mass is 542 g/mol. The Labute approximate surface area is 205 Å². The summed E-state index contributed by atoms with van der Waals surface area (Å²) in [6.45, 7) is 0. The van der Waals surface area contributed by atoms with E-state index in [1.54, 1.807) is 0 Å². The number of phenols is 2. The van der Waals surface area contributed by atoms with Crippen molar-refractivity contribution in [1.29, 1.82) is 0 Å². The molecule has 0 saturated carbocycles. The number of carbonyl (C=O) groups is 4. The first-order valence-electron chi connectivity index (χ1n) is 8.30. The topological polar surface area (TPSA) is 157 Å². The molecule has 4 heterocycles. The van der Waals surface area contributed by atoms with E-state index < -0.39 is 23.6 Å². The largest absolute Gasteiger partial charge is 0.505 e. The lowest BCUT2D eigenvalue weighted by atomic mass is 10.2. The minimum Gasteiger partial charge on any atom is -0.505 e. The number of thiocarbonyl (C=S) groups is 2. The fraction of sp³-hybridized carbons (Fsp3) is 0. The molecule has 4 amide bonds. The number of rotatable bonds is 0. The van der Waals surface area contributed by atoms with E-state index in [2.05, 4.69) is 21.3 Å². The summed E-state index contributed by atoms with van der Waals surface area (Å²) in [6, 6.07) is 0. The number of carbonyl (C=O) groups excluding carboxylic acids is 4. The number of hydrogen-bond acceptors (Lipinski definition) is 12. The van der Waals surface area contributed by atoms with Gasteiger partial charge in [0, 0.05) is 0 Å². The van der Waals surface area contributed by atoms with Crippen molar-refractivity contribution < 1.29 is 29.4 Å². The second-order valence-electron chi connectivity index (χ2n) is 6.22. The minimum atomic E-state index is -0.684. The average molecular weight is 543 g/mol. The molecule has 1 aromatic carbocycles.